The van der Waals surface area contributed by atoms with Gasteiger partial charge in [-0.1, -0.05) is 12.1 Å². The summed E-state index contributed by atoms with van der Waals surface area (Å²) in [6.45, 7) is 1.47. The second-order valence-electron chi connectivity index (χ2n) is 9.76. The van der Waals surface area contributed by atoms with Crippen molar-refractivity contribution in [2.75, 3.05) is 26.2 Å². The highest BCUT2D eigenvalue weighted by Gasteiger charge is 2.36. The molecule has 1 aliphatic carbocycles. The molecule has 0 saturated heterocycles. The molecule has 0 atom stereocenters. The van der Waals surface area contributed by atoms with Gasteiger partial charge in [0.15, 0.2) is 6.61 Å². The van der Waals surface area contributed by atoms with Gasteiger partial charge < -0.3 is 19.5 Å². The first-order valence-electron chi connectivity index (χ1n) is 12.5. The lowest BCUT2D eigenvalue weighted by molar-refractivity contribution is 0.0642. The molecule has 36 heavy (non-hydrogen) atoms. The Morgan fingerprint density at radius 3 is 2.69 bits per heavy atom. The van der Waals surface area contributed by atoms with E-state index in [9.17, 15) is 18.4 Å². The number of halogens is 3. The van der Waals surface area contributed by atoms with E-state index in [1.165, 1.54) is 10.6 Å². The van der Waals surface area contributed by atoms with Crippen LogP contribution in [-0.2, 0) is 19.9 Å². The molecule has 196 valence electrons. The van der Waals surface area contributed by atoms with Crippen molar-refractivity contribution < 1.29 is 22.7 Å². The quantitative estimate of drug-likeness (QED) is 0.595. The minimum absolute atomic E-state index is 0.114. The highest BCUT2D eigenvalue weighted by Crippen LogP contribution is 2.35. The summed E-state index contributed by atoms with van der Waals surface area (Å²) in [5.74, 6) is -0.101. The Kier molecular flexibility index (Phi) is 8.33. The second-order valence-corrected chi connectivity index (χ2v) is 9.76. The summed E-state index contributed by atoms with van der Waals surface area (Å²) in [4.78, 5) is 31.0. The number of rotatable bonds is 8. The van der Waals surface area contributed by atoms with E-state index in [2.05, 4.69) is 15.2 Å². The summed E-state index contributed by atoms with van der Waals surface area (Å²) in [6.07, 6.45) is 1.19. The predicted molar refractivity (Wildman–Crippen MR) is 129 cm³/mol. The molecule has 0 unspecified atom stereocenters. The van der Waals surface area contributed by atoms with Gasteiger partial charge in [-0.3, -0.25) is 9.59 Å². The van der Waals surface area contributed by atoms with Gasteiger partial charge >= 0.3 is 0 Å². The predicted octanol–water partition coefficient (Wildman–Crippen LogP) is 3.30. The third-order valence-corrected chi connectivity index (χ3v) is 7.27. The van der Waals surface area contributed by atoms with Gasteiger partial charge in [-0.05, 0) is 50.2 Å². The molecule has 1 saturated carbocycles. The Labute approximate surface area is 208 Å². The number of ether oxygens (including phenoxy) is 1. The Bertz CT molecular complexity index is 1120. The van der Waals surface area contributed by atoms with Crippen LogP contribution in [-0.4, -0.2) is 64.7 Å². The van der Waals surface area contributed by atoms with Crippen LogP contribution in [0.25, 0.3) is 0 Å². The van der Waals surface area contributed by atoms with Crippen LogP contribution in [0.5, 0.6) is 5.88 Å². The maximum atomic E-state index is 15.6. The normalized spacial score (nSPS) is 22.6. The number of nitrogens with one attached hydrogen (secondary N) is 1. The van der Waals surface area contributed by atoms with E-state index < -0.39 is 18.7 Å². The Morgan fingerprint density at radius 1 is 1.19 bits per heavy atom. The molecule has 2 aromatic heterocycles. The van der Waals surface area contributed by atoms with Gasteiger partial charge in [0.25, 0.3) is 17.9 Å². The lowest BCUT2D eigenvalue weighted by atomic mass is 9.81. The maximum absolute atomic E-state index is 15.6. The number of carbonyl (C=O) groups excluding carboxylic acids is 1. The molecule has 0 bridgehead atoms. The fourth-order valence-electron chi connectivity index (χ4n) is 5.00. The van der Waals surface area contributed by atoms with Crippen molar-refractivity contribution in [2.45, 2.75) is 63.1 Å². The van der Waals surface area contributed by atoms with Crippen LogP contribution in [0.3, 0.4) is 0 Å². The first-order valence-corrected chi connectivity index (χ1v) is 12.5. The zero-order valence-electron chi connectivity index (χ0n) is 20.5. The first-order chi connectivity index (χ1) is 17.2. The van der Waals surface area contributed by atoms with Crippen LogP contribution in [0.4, 0.5) is 13.2 Å². The van der Waals surface area contributed by atoms with Crippen molar-refractivity contribution in [2.24, 2.45) is 7.05 Å². The summed E-state index contributed by atoms with van der Waals surface area (Å²) in [6, 6.07) is 7.95. The molecule has 0 spiro atoms. The van der Waals surface area contributed by atoms with Gasteiger partial charge in [0, 0.05) is 57.0 Å². The molecule has 1 aliphatic heterocycles. The van der Waals surface area contributed by atoms with Crippen LogP contribution in [0.15, 0.2) is 35.1 Å². The molecule has 2 aromatic rings. The first kappa shape index (κ1) is 26.2. The standard InChI is InChI=1S/C26H33F3N4O3/c1-32-21(3-2-4-24(32)34)25(35)30-19-7-11-26(29,12-8-19)13-16-33-14-9-18-5-6-23(36-17-22(27)28)31-20(18)10-15-33/h2-6,19,22H,7-17H2,1H3,(H,30,35)/t19-,26+. The largest absolute Gasteiger partial charge is 0.472 e. The molecule has 1 fully saturated rings. The molecule has 0 aromatic carbocycles. The van der Waals surface area contributed by atoms with Gasteiger partial charge in [-0.15, -0.1) is 0 Å². The Balaban J connectivity index is 1.23. The van der Waals surface area contributed by atoms with Gasteiger partial charge in [0.1, 0.15) is 11.4 Å². The van der Waals surface area contributed by atoms with Gasteiger partial charge in [0.05, 0.1) is 0 Å². The Morgan fingerprint density at radius 2 is 1.94 bits per heavy atom. The molecule has 4 rings (SSSR count). The fraction of sp³-hybridized carbons (Fsp3) is 0.577. The van der Waals surface area contributed by atoms with Crippen LogP contribution < -0.4 is 15.6 Å². The van der Waals surface area contributed by atoms with E-state index in [1.54, 1.807) is 25.2 Å². The number of pyridine rings is 2. The van der Waals surface area contributed by atoms with Crippen LogP contribution in [0, 0.1) is 0 Å². The third kappa shape index (κ3) is 6.66. The molecular formula is C26H33F3N4O3. The third-order valence-electron chi connectivity index (χ3n) is 7.27. The lowest BCUT2D eigenvalue weighted by Gasteiger charge is -2.35. The number of nitrogens with zero attached hydrogens (tertiary/aromatic N) is 3. The highest BCUT2D eigenvalue weighted by molar-refractivity contribution is 5.92. The maximum Gasteiger partial charge on any atom is 0.272 e. The number of hydrogen-bond donors (Lipinski definition) is 1. The average Bonchev–Trinajstić information content (AvgIpc) is 3.06. The SMILES string of the molecule is Cn1c(C(=O)N[C@H]2CC[C@](F)(CCN3CCc4ccc(OCC(F)F)nc4CC3)CC2)cccc1=O. The minimum atomic E-state index is -2.54. The van der Waals surface area contributed by atoms with Crippen LogP contribution >= 0.6 is 0 Å². The summed E-state index contributed by atoms with van der Waals surface area (Å²) in [7, 11) is 1.56. The summed E-state index contributed by atoms with van der Waals surface area (Å²) in [5, 5.41) is 2.95. The summed E-state index contributed by atoms with van der Waals surface area (Å²) < 4.78 is 46.7. The van der Waals surface area contributed by atoms with Gasteiger partial charge in [0.2, 0.25) is 5.88 Å². The lowest BCUT2D eigenvalue weighted by Crippen LogP contribution is -2.44. The molecule has 1 N–H and O–H groups in total. The number of amides is 1. The fourth-order valence-corrected chi connectivity index (χ4v) is 5.00. The topological polar surface area (TPSA) is 76.5 Å². The number of hydrogen-bond acceptors (Lipinski definition) is 5. The zero-order chi connectivity index (χ0) is 25.7. The molecular weight excluding hydrogens is 473 g/mol. The molecule has 3 heterocycles. The molecule has 7 nitrogen and oxygen atoms in total. The molecule has 10 heteroatoms. The van der Waals surface area contributed by atoms with E-state index in [0.717, 1.165) is 30.8 Å². The van der Waals surface area contributed by atoms with E-state index in [4.69, 9.17) is 4.74 Å². The van der Waals surface area contributed by atoms with Crippen molar-refractivity contribution in [1.82, 2.24) is 19.8 Å². The second kappa shape index (κ2) is 11.5. The Hall–Kier alpha value is -2.88. The van der Waals surface area contributed by atoms with E-state index in [-0.39, 0.29) is 23.4 Å². The number of fused-ring (bicyclic) bond motifs is 1. The number of carbonyl (C=O) groups is 1. The summed E-state index contributed by atoms with van der Waals surface area (Å²) in [5.41, 5.74) is 0.704. The van der Waals surface area contributed by atoms with E-state index >= 15 is 4.39 Å². The molecule has 0 radical (unpaired) electrons. The van der Waals surface area contributed by atoms with E-state index in [0.29, 0.717) is 50.8 Å². The monoisotopic (exact) mass is 506 g/mol. The average molecular weight is 507 g/mol. The highest BCUT2D eigenvalue weighted by atomic mass is 19.3. The van der Waals surface area contributed by atoms with Crippen molar-refractivity contribution >= 4 is 5.91 Å². The van der Waals surface area contributed by atoms with E-state index in [1.807, 2.05) is 6.07 Å². The minimum Gasteiger partial charge on any atom is -0.472 e. The van der Waals surface area contributed by atoms with Crippen LogP contribution in [0.2, 0.25) is 0 Å². The van der Waals surface area contributed by atoms with Crippen molar-refractivity contribution in [3.8, 4) is 5.88 Å². The summed E-state index contributed by atoms with van der Waals surface area (Å²) >= 11 is 0. The molecule has 1 amide bonds. The van der Waals surface area contributed by atoms with Gasteiger partial charge in [-0.25, -0.2) is 18.2 Å². The van der Waals surface area contributed by atoms with Crippen molar-refractivity contribution in [3.05, 3.63) is 57.6 Å². The van der Waals surface area contributed by atoms with Crippen molar-refractivity contribution in [3.63, 3.8) is 0 Å². The molecule has 2 aliphatic rings. The smallest absolute Gasteiger partial charge is 0.272 e. The van der Waals surface area contributed by atoms with Crippen molar-refractivity contribution in [1.29, 1.82) is 0 Å². The number of alkyl halides is 3. The number of aromatic nitrogens is 2. The van der Waals surface area contributed by atoms with Gasteiger partial charge in [-0.2, -0.15) is 0 Å². The zero-order valence-corrected chi connectivity index (χ0v) is 20.5. The van der Waals surface area contributed by atoms with Crippen LogP contribution in [0.1, 0.15) is 53.8 Å².